The number of carboxylic acid groups (broad SMARTS) is 2. The van der Waals surface area contributed by atoms with Crippen LogP contribution in [0.25, 0.3) is 0 Å². The Morgan fingerprint density at radius 3 is 2.40 bits per heavy atom. The number of aromatic carboxylic acids is 2. The lowest BCUT2D eigenvalue weighted by atomic mass is 10.2. The molecule has 1 aromatic carbocycles. The van der Waals surface area contributed by atoms with E-state index in [1.165, 1.54) is 0 Å². The molecule has 7 heteroatoms. The van der Waals surface area contributed by atoms with Crippen molar-refractivity contribution in [1.29, 1.82) is 0 Å². The lowest BCUT2D eigenvalue weighted by Crippen LogP contribution is -2.04. The van der Waals surface area contributed by atoms with Gasteiger partial charge < -0.3 is 10.2 Å². The Balaban J connectivity index is 3.39. The maximum Gasteiger partial charge on any atom is 0.335 e. The summed E-state index contributed by atoms with van der Waals surface area (Å²) in [4.78, 5) is 30.6. The van der Waals surface area contributed by atoms with Gasteiger partial charge >= 0.3 is 11.9 Å². The van der Waals surface area contributed by atoms with E-state index in [4.69, 9.17) is 10.2 Å². The van der Waals surface area contributed by atoms with Crippen LogP contribution < -0.4 is 0 Å². The van der Waals surface area contributed by atoms with E-state index >= 15 is 0 Å². The molecule has 0 aromatic heterocycles. The molecule has 7 nitrogen and oxygen atoms in total. The number of benzene rings is 1. The van der Waals surface area contributed by atoms with E-state index in [-0.39, 0.29) is 0 Å². The number of nitro groups is 1. The highest BCUT2D eigenvalue weighted by Crippen LogP contribution is 2.17. The van der Waals surface area contributed by atoms with Gasteiger partial charge in [0.1, 0.15) is 0 Å². The summed E-state index contributed by atoms with van der Waals surface area (Å²) in [6.45, 7) is 0. The summed E-state index contributed by atoms with van der Waals surface area (Å²) >= 11 is 0. The molecule has 15 heavy (non-hydrogen) atoms. The third kappa shape index (κ3) is 2.27. The largest absolute Gasteiger partial charge is 0.478 e. The zero-order valence-corrected chi connectivity index (χ0v) is 7.21. The number of hydrogen-bond donors (Lipinski definition) is 2. The number of hydrogen-bond acceptors (Lipinski definition) is 4. The Bertz CT molecular complexity index is 373. The van der Waals surface area contributed by atoms with Crippen molar-refractivity contribution in [2.75, 3.05) is 0 Å². The third-order valence-corrected chi connectivity index (χ3v) is 1.62. The second-order valence-electron chi connectivity index (χ2n) is 2.64. The molecule has 0 radical (unpaired) electrons. The van der Waals surface area contributed by atoms with Gasteiger partial charge in [0.25, 0.3) is 5.69 Å². The zero-order chi connectivity index (χ0) is 11.6. The number of nitro benzene ring substituents is 1. The van der Waals surface area contributed by atoms with Crippen molar-refractivity contribution in [3.63, 3.8) is 0 Å². The van der Waals surface area contributed by atoms with Crippen molar-refractivity contribution in [2.24, 2.45) is 0 Å². The monoisotopic (exact) mass is 213 g/mol. The predicted molar refractivity (Wildman–Crippen MR) is 47.0 cm³/mol. The van der Waals surface area contributed by atoms with Gasteiger partial charge in [0.05, 0.1) is 16.1 Å². The van der Waals surface area contributed by atoms with Crippen LogP contribution in [0.2, 0.25) is 0 Å². The fourth-order valence-electron chi connectivity index (χ4n) is 0.964. The van der Waals surface area contributed by atoms with E-state index in [1.54, 1.807) is 0 Å². The Kier molecular flexibility index (Phi) is 2.65. The molecular weight excluding hydrogens is 208 g/mol. The summed E-state index contributed by atoms with van der Waals surface area (Å²) < 4.78 is 0. The van der Waals surface area contributed by atoms with Crippen LogP contribution >= 0.6 is 0 Å². The molecule has 0 atom stereocenters. The first-order chi connectivity index (χ1) is 6.91. The molecule has 0 aliphatic heterocycles. The van der Waals surface area contributed by atoms with Crippen molar-refractivity contribution in [1.82, 2.24) is 0 Å². The molecule has 0 unspecified atom stereocenters. The summed E-state index contributed by atoms with van der Waals surface area (Å²) in [5.41, 5.74) is -1.42. The minimum absolute atomic E-state index is 0.429. The number of rotatable bonds is 3. The lowest BCUT2D eigenvalue weighted by molar-refractivity contribution is -0.384. The molecule has 0 amide bonds. The number of nitrogens with zero attached hydrogens (tertiary/aromatic N) is 1. The molecule has 2 N–H and O–H groups in total. The van der Waals surface area contributed by atoms with Gasteiger partial charge in [-0.1, -0.05) is 0 Å². The quantitative estimate of drug-likeness (QED) is 0.570. The highest BCUT2D eigenvalue weighted by molar-refractivity contribution is 5.94. The second-order valence-corrected chi connectivity index (χ2v) is 2.64. The van der Waals surface area contributed by atoms with E-state index in [0.717, 1.165) is 18.2 Å². The van der Waals surface area contributed by atoms with Gasteiger partial charge in [0.15, 0.2) is 0 Å². The third-order valence-electron chi connectivity index (χ3n) is 1.62. The zero-order valence-electron chi connectivity index (χ0n) is 7.21. The van der Waals surface area contributed by atoms with Crippen LogP contribution in [0.15, 0.2) is 18.2 Å². The van der Waals surface area contributed by atoms with Crippen molar-refractivity contribution in [3.8, 4) is 0 Å². The lowest BCUT2D eigenvalue weighted by Gasteiger charge is -1.98. The summed E-state index contributed by atoms with van der Waals surface area (Å²) in [5.74, 6) is -2.83. The van der Waals surface area contributed by atoms with E-state index in [9.17, 15) is 19.7 Å². The molecule has 0 heterocycles. The molecule has 0 fully saturated rings. The van der Waals surface area contributed by atoms with Crippen molar-refractivity contribution >= 4 is 17.6 Å². The minimum Gasteiger partial charge on any atom is -0.478 e. The number of carbonyl (C=O) groups is 2. The van der Waals surface area contributed by atoms with Gasteiger partial charge in [-0.15, -0.1) is 0 Å². The molecule has 0 aliphatic carbocycles. The molecule has 0 spiro atoms. The first kappa shape index (κ1) is 10.6. The average molecular weight is 213 g/mol. The number of non-ortho nitro benzene ring substituents is 1. The topological polar surface area (TPSA) is 118 Å². The molecule has 1 aromatic rings. The standard InChI is InChI=1S/C8H5NO6/c10-7(11)4-1-5(8(12)13)3-6(2-4)9(14)15/h1-3H,(H,10,11)(H,12,13)/i7+2. The minimum atomic E-state index is -1.42. The van der Waals surface area contributed by atoms with Gasteiger partial charge in [-0.25, -0.2) is 9.59 Å². The molecule has 0 bridgehead atoms. The van der Waals surface area contributed by atoms with Crippen LogP contribution in [0.4, 0.5) is 5.69 Å². The summed E-state index contributed by atoms with van der Waals surface area (Å²) in [6.07, 6.45) is 0. The predicted octanol–water partition coefficient (Wildman–Crippen LogP) is 0.991. The average Bonchev–Trinajstić information content (AvgIpc) is 2.16. The fraction of sp³-hybridized carbons (Fsp3) is 0. The van der Waals surface area contributed by atoms with E-state index < -0.39 is 33.7 Å². The van der Waals surface area contributed by atoms with Gasteiger partial charge in [0, 0.05) is 12.1 Å². The maximum atomic E-state index is 10.5. The van der Waals surface area contributed by atoms with Crippen LogP contribution in [0.3, 0.4) is 0 Å². The first-order valence-electron chi connectivity index (χ1n) is 3.68. The summed E-state index contributed by atoms with van der Waals surface area (Å²) in [5, 5.41) is 27.5. The molecule has 78 valence electrons. The van der Waals surface area contributed by atoms with Crippen molar-refractivity contribution in [3.05, 3.63) is 39.4 Å². The molecular formula is C8H5NO6. The highest BCUT2D eigenvalue weighted by atomic mass is 16.6. The second kappa shape index (κ2) is 3.74. The van der Waals surface area contributed by atoms with Gasteiger partial charge in [-0.2, -0.15) is 0 Å². The fourth-order valence-corrected chi connectivity index (χ4v) is 0.964. The smallest absolute Gasteiger partial charge is 0.335 e. The Morgan fingerprint density at radius 1 is 1.40 bits per heavy atom. The SMILES string of the molecule is O=C(O)c1cc([14C](=O)O)cc([N+](=O)[O-])c1. The Hall–Kier alpha value is -2.44. The van der Waals surface area contributed by atoms with Gasteiger partial charge in [-0.3, -0.25) is 10.1 Å². The first-order valence-corrected chi connectivity index (χ1v) is 3.68. The van der Waals surface area contributed by atoms with Crippen LogP contribution in [0.5, 0.6) is 0 Å². The van der Waals surface area contributed by atoms with E-state index in [1.807, 2.05) is 0 Å². The van der Waals surface area contributed by atoms with Crippen molar-refractivity contribution in [2.45, 2.75) is 0 Å². The molecule has 0 aliphatic rings. The molecule has 0 saturated heterocycles. The number of carboxylic acids is 2. The van der Waals surface area contributed by atoms with Crippen LogP contribution in [-0.4, -0.2) is 27.1 Å². The van der Waals surface area contributed by atoms with Crippen LogP contribution in [0, 0.1) is 10.1 Å². The van der Waals surface area contributed by atoms with E-state index in [2.05, 4.69) is 0 Å². The summed E-state index contributed by atoms with van der Waals surface area (Å²) in [7, 11) is 0. The van der Waals surface area contributed by atoms with Crippen molar-refractivity contribution < 1.29 is 24.7 Å². The van der Waals surface area contributed by atoms with Crippen LogP contribution in [-0.2, 0) is 0 Å². The van der Waals surface area contributed by atoms with Crippen LogP contribution in [0.1, 0.15) is 20.7 Å². The highest BCUT2D eigenvalue weighted by Gasteiger charge is 2.16. The summed E-state index contributed by atoms with van der Waals surface area (Å²) in [6, 6.07) is 2.46. The Morgan fingerprint density at radius 2 is 2.00 bits per heavy atom. The van der Waals surface area contributed by atoms with E-state index in [0.29, 0.717) is 0 Å². The molecule has 0 saturated carbocycles. The van der Waals surface area contributed by atoms with Gasteiger partial charge in [0.2, 0.25) is 0 Å². The normalized spacial score (nSPS) is 9.60. The Labute approximate surface area is 82.7 Å². The molecule has 1 rings (SSSR count). The maximum absolute atomic E-state index is 10.5. The van der Waals surface area contributed by atoms with Gasteiger partial charge in [-0.05, 0) is 6.07 Å².